The molecule has 0 N–H and O–H groups in total. The molecule has 0 radical (unpaired) electrons. The second-order valence-corrected chi connectivity index (χ2v) is 3.50. The van der Waals surface area contributed by atoms with Gasteiger partial charge in [0.2, 0.25) is 5.97 Å². The Morgan fingerprint density at radius 1 is 1.47 bits per heavy atom. The minimum absolute atomic E-state index is 0.0948. The zero-order valence-electron chi connectivity index (χ0n) is 9.14. The standard InChI is InChI=1S/C12H10FNO3/c1-2-17-12(16)9-10(15)7-5-3-4-6-8(7)14-11(9)13/h3-6,9H,2H2,1H3. The first-order valence-corrected chi connectivity index (χ1v) is 5.19. The minimum Gasteiger partial charge on any atom is -0.465 e. The summed E-state index contributed by atoms with van der Waals surface area (Å²) in [5.41, 5.74) is 0.488. The van der Waals surface area contributed by atoms with Gasteiger partial charge in [-0.1, -0.05) is 12.1 Å². The highest BCUT2D eigenvalue weighted by molar-refractivity contribution is 6.25. The van der Waals surface area contributed by atoms with Crippen molar-refractivity contribution in [2.75, 3.05) is 6.61 Å². The summed E-state index contributed by atoms with van der Waals surface area (Å²) < 4.78 is 18.2. The van der Waals surface area contributed by atoms with Gasteiger partial charge in [-0.05, 0) is 19.1 Å². The number of aliphatic imine (C=N–C) groups is 1. The van der Waals surface area contributed by atoms with E-state index in [2.05, 4.69) is 9.73 Å². The third-order valence-electron chi connectivity index (χ3n) is 2.42. The van der Waals surface area contributed by atoms with Crippen LogP contribution in [0.2, 0.25) is 0 Å². The summed E-state index contributed by atoms with van der Waals surface area (Å²) in [6.07, 6.45) is 0. The fourth-order valence-corrected chi connectivity index (χ4v) is 1.65. The number of ether oxygens (including phenoxy) is 1. The summed E-state index contributed by atoms with van der Waals surface area (Å²) in [6.45, 7) is 1.69. The zero-order chi connectivity index (χ0) is 12.4. The van der Waals surface area contributed by atoms with Crippen LogP contribution >= 0.6 is 0 Å². The molecule has 1 aliphatic rings. The Hall–Kier alpha value is -2.04. The molecule has 0 aromatic heterocycles. The second kappa shape index (κ2) is 4.45. The highest BCUT2D eigenvalue weighted by atomic mass is 19.1. The number of hydrogen-bond acceptors (Lipinski definition) is 4. The Bertz CT molecular complexity index is 510. The van der Waals surface area contributed by atoms with E-state index in [1.165, 1.54) is 12.1 Å². The first-order chi connectivity index (χ1) is 8.15. The number of halogens is 1. The van der Waals surface area contributed by atoms with Gasteiger partial charge in [0, 0.05) is 5.56 Å². The van der Waals surface area contributed by atoms with Crippen molar-refractivity contribution in [2.45, 2.75) is 6.92 Å². The average molecular weight is 235 g/mol. The van der Waals surface area contributed by atoms with Crippen molar-refractivity contribution in [1.82, 2.24) is 0 Å². The number of benzene rings is 1. The molecule has 1 heterocycles. The Morgan fingerprint density at radius 3 is 2.88 bits per heavy atom. The normalized spacial score (nSPS) is 18.4. The van der Waals surface area contributed by atoms with Gasteiger partial charge in [0.25, 0.3) is 0 Å². The SMILES string of the molecule is CCOC(=O)C1C(=O)c2ccccc2N=C1F. The first kappa shape index (κ1) is 11.4. The van der Waals surface area contributed by atoms with Crippen LogP contribution in [0.3, 0.4) is 0 Å². The minimum atomic E-state index is -1.55. The van der Waals surface area contributed by atoms with Crippen LogP contribution in [0.15, 0.2) is 29.3 Å². The lowest BCUT2D eigenvalue weighted by molar-refractivity contribution is -0.144. The van der Waals surface area contributed by atoms with Gasteiger partial charge in [-0.25, -0.2) is 4.99 Å². The lowest BCUT2D eigenvalue weighted by atomic mass is 9.94. The molecule has 5 heteroatoms. The maximum absolute atomic E-state index is 13.6. The molecule has 88 valence electrons. The maximum atomic E-state index is 13.6. The molecular formula is C12H10FNO3. The Morgan fingerprint density at radius 2 is 2.18 bits per heavy atom. The van der Waals surface area contributed by atoms with E-state index in [0.29, 0.717) is 0 Å². The van der Waals surface area contributed by atoms with Crippen molar-refractivity contribution < 1.29 is 18.7 Å². The van der Waals surface area contributed by atoms with Crippen LogP contribution in [-0.2, 0) is 9.53 Å². The summed E-state index contributed by atoms with van der Waals surface area (Å²) in [5.74, 6) is -4.06. The van der Waals surface area contributed by atoms with Crippen LogP contribution in [0, 0.1) is 5.92 Å². The van der Waals surface area contributed by atoms with Crippen LogP contribution in [-0.4, -0.2) is 24.3 Å². The third kappa shape index (κ3) is 1.95. The largest absolute Gasteiger partial charge is 0.465 e. The van der Waals surface area contributed by atoms with E-state index in [1.807, 2.05) is 0 Å². The van der Waals surface area contributed by atoms with E-state index >= 15 is 0 Å². The number of para-hydroxylation sites is 1. The maximum Gasteiger partial charge on any atom is 0.325 e. The highest BCUT2D eigenvalue weighted by Gasteiger charge is 2.38. The van der Waals surface area contributed by atoms with E-state index in [0.717, 1.165) is 0 Å². The van der Waals surface area contributed by atoms with Crippen LogP contribution < -0.4 is 0 Å². The third-order valence-corrected chi connectivity index (χ3v) is 2.42. The molecule has 2 rings (SSSR count). The molecule has 0 amide bonds. The number of nitrogens with zero attached hydrogens (tertiary/aromatic N) is 1. The topological polar surface area (TPSA) is 55.7 Å². The van der Waals surface area contributed by atoms with Crippen LogP contribution in [0.5, 0.6) is 0 Å². The fourth-order valence-electron chi connectivity index (χ4n) is 1.65. The van der Waals surface area contributed by atoms with E-state index < -0.39 is 23.6 Å². The van der Waals surface area contributed by atoms with Crippen molar-refractivity contribution in [3.63, 3.8) is 0 Å². The monoisotopic (exact) mass is 235 g/mol. The summed E-state index contributed by atoms with van der Waals surface area (Å²) in [7, 11) is 0. The number of carbonyl (C=O) groups is 2. The fraction of sp³-hybridized carbons (Fsp3) is 0.250. The number of carbonyl (C=O) groups excluding carboxylic acids is 2. The van der Waals surface area contributed by atoms with Gasteiger partial charge < -0.3 is 4.74 Å². The predicted octanol–water partition coefficient (Wildman–Crippen LogP) is 2.06. The van der Waals surface area contributed by atoms with Crippen molar-refractivity contribution in [1.29, 1.82) is 0 Å². The van der Waals surface area contributed by atoms with Crippen molar-refractivity contribution in [3.05, 3.63) is 29.8 Å². The summed E-state index contributed by atoms with van der Waals surface area (Å²) >= 11 is 0. The van der Waals surface area contributed by atoms with Crippen molar-refractivity contribution in [2.24, 2.45) is 10.9 Å². The molecule has 0 saturated heterocycles. The smallest absolute Gasteiger partial charge is 0.325 e. The van der Waals surface area contributed by atoms with Gasteiger partial charge in [-0.3, -0.25) is 9.59 Å². The van der Waals surface area contributed by atoms with Gasteiger partial charge in [0.1, 0.15) is 0 Å². The van der Waals surface area contributed by atoms with Gasteiger partial charge >= 0.3 is 5.97 Å². The molecule has 1 unspecified atom stereocenters. The number of esters is 1. The lowest BCUT2D eigenvalue weighted by Gasteiger charge is -2.17. The molecule has 0 aliphatic carbocycles. The quantitative estimate of drug-likeness (QED) is 0.582. The average Bonchev–Trinajstić information content (AvgIpc) is 2.29. The number of fused-ring (bicyclic) bond motifs is 1. The predicted molar refractivity (Wildman–Crippen MR) is 59.1 cm³/mol. The molecule has 0 spiro atoms. The van der Waals surface area contributed by atoms with Crippen LogP contribution in [0.1, 0.15) is 17.3 Å². The molecule has 4 nitrogen and oxygen atoms in total. The van der Waals surface area contributed by atoms with Crippen LogP contribution in [0.25, 0.3) is 0 Å². The molecule has 1 atom stereocenters. The Kier molecular flexibility index (Phi) is 2.99. The van der Waals surface area contributed by atoms with Crippen LogP contribution in [0.4, 0.5) is 10.1 Å². The summed E-state index contributed by atoms with van der Waals surface area (Å²) in [4.78, 5) is 27.0. The molecule has 1 aromatic rings. The molecule has 0 saturated carbocycles. The molecule has 1 aromatic carbocycles. The van der Waals surface area contributed by atoms with Gasteiger partial charge in [0.15, 0.2) is 11.7 Å². The Labute approximate surface area is 97.1 Å². The Balaban J connectivity index is 2.42. The van der Waals surface area contributed by atoms with Crippen molar-refractivity contribution in [3.8, 4) is 0 Å². The molecular weight excluding hydrogens is 225 g/mol. The molecule has 0 fully saturated rings. The van der Waals surface area contributed by atoms with Gasteiger partial charge in [-0.2, -0.15) is 4.39 Å². The van der Waals surface area contributed by atoms with Crippen molar-refractivity contribution >= 4 is 23.4 Å². The second-order valence-electron chi connectivity index (χ2n) is 3.50. The van der Waals surface area contributed by atoms with Gasteiger partial charge in [-0.15, -0.1) is 0 Å². The number of Topliss-reactive ketones (excluding diaryl/α,β-unsaturated/α-hetero) is 1. The van der Waals surface area contributed by atoms with Gasteiger partial charge in [0.05, 0.1) is 12.3 Å². The number of rotatable bonds is 2. The molecule has 17 heavy (non-hydrogen) atoms. The number of ketones is 1. The first-order valence-electron chi connectivity index (χ1n) is 5.19. The summed E-state index contributed by atoms with van der Waals surface area (Å²) in [5, 5.41) is 0. The lowest BCUT2D eigenvalue weighted by Crippen LogP contribution is -2.33. The van der Waals surface area contributed by atoms with E-state index in [4.69, 9.17) is 0 Å². The zero-order valence-corrected chi connectivity index (χ0v) is 9.14. The highest BCUT2D eigenvalue weighted by Crippen LogP contribution is 2.29. The van der Waals surface area contributed by atoms with E-state index in [-0.39, 0.29) is 17.9 Å². The van der Waals surface area contributed by atoms with E-state index in [9.17, 15) is 14.0 Å². The number of hydrogen-bond donors (Lipinski definition) is 0. The van der Waals surface area contributed by atoms with E-state index in [1.54, 1.807) is 19.1 Å². The molecule has 1 aliphatic heterocycles. The molecule has 0 bridgehead atoms. The summed E-state index contributed by atoms with van der Waals surface area (Å²) in [6, 6.07) is 6.32.